The maximum absolute atomic E-state index is 11.8. The summed E-state index contributed by atoms with van der Waals surface area (Å²) in [6.07, 6.45) is 3.70. The third-order valence-corrected chi connectivity index (χ3v) is 4.39. The Hall–Kier alpha value is -2.40. The van der Waals surface area contributed by atoms with Crippen molar-refractivity contribution < 1.29 is 9.53 Å². The number of aromatic nitrogens is 1. The number of anilines is 1. The second-order valence-electron chi connectivity index (χ2n) is 7.72. The number of ether oxygens (including phenoxy) is 1. The number of hydrogen-bond acceptors (Lipinski definition) is 4. The topological polar surface area (TPSA) is 54.5 Å². The highest BCUT2D eigenvalue weighted by molar-refractivity contribution is 5.83. The minimum Gasteiger partial charge on any atom is -0.444 e. The predicted octanol–water partition coefficient (Wildman–Crippen LogP) is 4.77. The van der Waals surface area contributed by atoms with Crippen LogP contribution < -0.4 is 5.32 Å². The molecule has 0 unspecified atom stereocenters. The third-order valence-electron chi connectivity index (χ3n) is 4.39. The standard InChI is InChI=1S/C21H27N3O2/c1-21(2,3)26-20(25)23-19-12-11-17(14-22-19)18-10-7-13-24(18)15-16-8-5-4-6-9-16/h4-6,8-9,11-12,14,18H,7,10,13,15H2,1-3H3,(H,22,23,25)/t18-/m1/s1. The van der Waals surface area contributed by atoms with Crippen LogP contribution in [0.4, 0.5) is 10.6 Å². The van der Waals surface area contributed by atoms with Gasteiger partial charge in [0.15, 0.2) is 0 Å². The third kappa shape index (κ3) is 5.05. The van der Waals surface area contributed by atoms with Crippen molar-refractivity contribution >= 4 is 11.9 Å². The Labute approximate surface area is 155 Å². The van der Waals surface area contributed by atoms with Gasteiger partial charge in [-0.15, -0.1) is 0 Å². The van der Waals surface area contributed by atoms with Crippen molar-refractivity contribution in [2.24, 2.45) is 0 Å². The molecule has 2 heterocycles. The Balaban J connectivity index is 1.63. The summed E-state index contributed by atoms with van der Waals surface area (Å²) in [5, 5.41) is 2.68. The molecule has 1 aliphatic rings. The van der Waals surface area contributed by atoms with Gasteiger partial charge < -0.3 is 4.74 Å². The molecule has 1 N–H and O–H groups in total. The lowest BCUT2D eigenvalue weighted by molar-refractivity contribution is 0.0635. The van der Waals surface area contributed by atoms with Crippen LogP contribution in [0, 0.1) is 0 Å². The summed E-state index contributed by atoms with van der Waals surface area (Å²) >= 11 is 0. The van der Waals surface area contributed by atoms with Crippen LogP contribution in [0.2, 0.25) is 0 Å². The highest BCUT2D eigenvalue weighted by Crippen LogP contribution is 2.33. The van der Waals surface area contributed by atoms with E-state index in [1.54, 1.807) is 0 Å². The van der Waals surface area contributed by atoms with E-state index in [4.69, 9.17) is 4.74 Å². The highest BCUT2D eigenvalue weighted by atomic mass is 16.6. The molecule has 5 heteroatoms. The molecule has 0 saturated carbocycles. The van der Waals surface area contributed by atoms with Gasteiger partial charge in [-0.1, -0.05) is 36.4 Å². The lowest BCUT2D eigenvalue weighted by atomic mass is 10.1. The zero-order chi connectivity index (χ0) is 18.6. The van der Waals surface area contributed by atoms with E-state index in [0.717, 1.165) is 19.5 Å². The number of likely N-dealkylation sites (tertiary alicyclic amines) is 1. The maximum Gasteiger partial charge on any atom is 0.413 e. The van der Waals surface area contributed by atoms with Gasteiger partial charge in [0.2, 0.25) is 0 Å². The second-order valence-corrected chi connectivity index (χ2v) is 7.72. The van der Waals surface area contributed by atoms with Crippen LogP contribution in [-0.2, 0) is 11.3 Å². The van der Waals surface area contributed by atoms with E-state index in [0.29, 0.717) is 11.9 Å². The molecule has 1 aromatic heterocycles. The van der Waals surface area contributed by atoms with Crippen LogP contribution in [0.5, 0.6) is 0 Å². The molecule has 1 amide bonds. The number of nitrogens with zero attached hydrogens (tertiary/aromatic N) is 2. The number of rotatable bonds is 4. The number of benzene rings is 1. The van der Waals surface area contributed by atoms with Crippen LogP contribution in [0.25, 0.3) is 0 Å². The first kappa shape index (κ1) is 18.4. The Bertz CT molecular complexity index is 723. The molecule has 0 bridgehead atoms. The molecule has 0 aliphatic carbocycles. The van der Waals surface area contributed by atoms with Crippen molar-refractivity contribution in [3.05, 3.63) is 59.8 Å². The predicted molar refractivity (Wildman–Crippen MR) is 103 cm³/mol. The van der Waals surface area contributed by atoms with Crippen molar-refractivity contribution in [3.8, 4) is 0 Å². The van der Waals surface area contributed by atoms with Crippen LogP contribution in [0.15, 0.2) is 48.7 Å². The maximum atomic E-state index is 11.8. The number of carbonyl (C=O) groups is 1. The Morgan fingerprint density at radius 1 is 1.23 bits per heavy atom. The molecule has 0 radical (unpaired) electrons. The summed E-state index contributed by atoms with van der Waals surface area (Å²) in [6.45, 7) is 7.56. The molecular weight excluding hydrogens is 326 g/mol. The lowest BCUT2D eigenvalue weighted by Crippen LogP contribution is -2.27. The monoisotopic (exact) mass is 353 g/mol. The summed E-state index contributed by atoms with van der Waals surface area (Å²) < 4.78 is 5.26. The highest BCUT2D eigenvalue weighted by Gasteiger charge is 2.26. The number of nitrogens with one attached hydrogen (secondary N) is 1. The first-order chi connectivity index (χ1) is 12.4. The average molecular weight is 353 g/mol. The molecule has 1 aliphatic heterocycles. The van der Waals surface area contributed by atoms with E-state index in [1.807, 2.05) is 45.2 Å². The Morgan fingerprint density at radius 2 is 2.00 bits per heavy atom. The fourth-order valence-corrected chi connectivity index (χ4v) is 3.30. The van der Waals surface area contributed by atoms with Crippen molar-refractivity contribution in [1.29, 1.82) is 0 Å². The van der Waals surface area contributed by atoms with E-state index in [-0.39, 0.29) is 0 Å². The first-order valence-electron chi connectivity index (χ1n) is 9.15. The van der Waals surface area contributed by atoms with E-state index in [1.165, 1.54) is 17.5 Å². The fraction of sp³-hybridized carbons (Fsp3) is 0.429. The number of amides is 1. The quantitative estimate of drug-likeness (QED) is 0.860. The van der Waals surface area contributed by atoms with Crippen molar-refractivity contribution in [2.45, 2.75) is 51.8 Å². The molecule has 5 nitrogen and oxygen atoms in total. The molecule has 1 atom stereocenters. The number of carbonyl (C=O) groups excluding carboxylic acids is 1. The van der Waals surface area contributed by atoms with Crippen molar-refractivity contribution in [3.63, 3.8) is 0 Å². The van der Waals surface area contributed by atoms with Gasteiger partial charge in [-0.05, 0) is 57.4 Å². The van der Waals surface area contributed by atoms with E-state index in [9.17, 15) is 4.79 Å². The zero-order valence-electron chi connectivity index (χ0n) is 15.7. The van der Waals surface area contributed by atoms with Crippen LogP contribution in [0.1, 0.15) is 50.8 Å². The summed E-state index contributed by atoms with van der Waals surface area (Å²) in [7, 11) is 0. The van der Waals surface area contributed by atoms with Gasteiger partial charge in [0.05, 0.1) is 0 Å². The Morgan fingerprint density at radius 3 is 2.65 bits per heavy atom. The van der Waals surface area contributed by atoms with Crippen LogP contribution >= 0.6 is 0 Å². The molecule has 1 saturated heterocycles. The summed E-state index contributed by atoms with van der Waals surface area (Å²) in [5.74, 6) is 0.510. The molecule has 1 fully saturated rings. The molecule has 26 heavy (non-hydrogen) atoms. The first-order valence-corrected chi connectivity index (χ1v) is 9.15. The van der Waals surface area contributed by atoms with Gasteiger partial charge in [-0.2, -0.15) is 0 Å². The number of hydrogen-bond donors (Lipinski definition) is 1. The normalized spacial score (nSPS) is 17.9. The van der Waals surface area contributed by atoms with Gasteiger partial charge >= 0.3 is 6.09 Å². The minimum atomic E-state index is -0.522. The molecule has 0 spiro atoms. The average Bonchev–Trinajstić information content (AvgIpc) is 3.03. The summed E-state index contributed by atoms with van der Waals surface area (Å²) in [6, 6.07) is 14.8. The zero-order valence-corrected chi connectivity index (χ0v) is 15.7. The Kier molecular flexibility index (Phi) is 5.57. The van der Waals surface area contributed by atoms with Gasteiger partial charge in [-0.25, -0.2) is 9.78 Å². The van der Waals surface area contributed by atoms with Gasteiger partial charge in [-0.3, -0.25) is 10.2 Å². The van der Waals surface area contributed by atoms with E-state index < -0.39 is 11.7 Å². The molecule has 1 aromatic carbocycles. The molecule has 2 aromatic rings. The van der Waals surface area contributed by atoms with Crippen molar-refractivity contribution in [2.75, 3.05) is 11.9 Å². The summed E-state index contributed by atoms with van der Waals surface area (Å²) in [4.78, 5) is 18.7. The van der Waals surface area contributed by atoms with E-state index in [2.05, 4.69) is 39.5 Å². The molecule has 138 valence electrons. The van der Waals surface area contributed by atoms with Crippen LogP contribution in [-0.4, -0.2) is 28.1 Å². The minimum absolute atomic E-state index is 0.373. The van der Waals surface area contributed by atoms with E-state index >= 15 is 0 Å². The number of pyridine rings is 1. The summed E-state index contributed by atoms with van der Waals surface area (Å²) in [5.41, 5.74) is 2.00. The van der Waals surface area contributed by atoms with Crippen LogP contribution in [0.3, 0.4) is 0 Å². The molecular formula is C21H27N3O2. The fourth-order valence-electron chi connectivity index (χ4n) is 3.30. The smallest absolute Gasteiger partial charge is 0.413 e. The van der Waals surface area contributed by atoms with Gasteiger partial charge in [0.1, 0.15) is 11.4 Å². The van der Waals surface area contributed by atoms with Gasteiger partial charge in [0, 0.05) is 18.8 Å². The molecule has 3 rings (SSSR count). The largest absolute Gasteiger partial charge is 0.444 e. The van der Waals surface area contributed by atoms with Crippen molar-refractivity contribution in [1.82, 2.24) is 9.88 Å². The lowest BCUT2D eigenvalue weighted by Gasteiger charge is -2.25. The SMILES string of the molecule is CC(C)(C)OC(=O)Nc1ccc([C@H]2CCCN2Cc2ccccc2)cn1. The van der Waals surface area contributed by atoms with Gasteiger partial charge in [0.25, 0.3) is 0 Å². The second kappa shape index (κ2) is 7.87.